The van der Waals surface area contributed by atoms with E-state index in [0.717, 1.165) is 17.1 Å². The van der Waals surface area contributed by atoms with Crippen LogP contribution in [-0.4, -0.2) is 39.4 Å². The second-order valence-electron chi connectivity index (χ2n) is 3.90. The van der Waals surface area contributed by atoms with Crippen molar-refractivity contribution in [2.24, 2.45) is 0 Å². The SMILES string of the molecule is CCCCOC(=O)c1ccc(S(=O)(=O)N(C)C)o1. The predicted molar refractivity (Wildman–Crippen MR) is 64.8 cm³/mol. The van der Waals surface area contributed by atoms with Gasteiger partial charge in [0.15, 0.2) is 0 Å². The van der Waals surface area contributed by atoms with Crippen molar-refractivity contribution < 1.29 is 22.4 Å². The Labute approximate surface area is 107 Å². The first-order valence-electron chi connectivity index (χ1n) is 5.59. The molecule has 0 aromatic carbocycles. The zero-order chi connectivity index (χ0) is 13.8. The summed E-state index contributed by atoms with van der Waals surface area (Å²) in [6.07, 6.45) is 1.67. The molecular weight excluding hydrogens is 258 g/mol. The van der Waals surface area contributed by atoms with Gasteiger partial charge in [0.1, 0.15) is 0 Å². The van der Waals surface area contributed by atoms with Crippen molar-refractivity contribution in [2.45, 2.75) is 24.9 Å². The lowest BCUT2D eigenvalue weighted by molar-refractivity contribution is 0.0457. The quantitative estimate of drug-likeness (QED) is 0.580. The summed E-state index contributed by atoms with van der Waals surface area (Å²) >= 11 is 0. The summed E-state index contributed by atoms with van der Waals surface area (Å²) in [7, 11) is -0.884. The number of sulfonamides is 1. The van der Waals surface area contributed by atoms with Gasteiger partial charge in [-0.15, -0.1) is 0 Å². The van der Waals surface area contributed by atoms with E-state index in [4.69, 9.17) is 9.15 Å². The number of esters is 1. The maximum Gasteiger partial charge on any atom is 0.374 e. The van der Waals surface area contributed by atoms with E-state index in [1.54, 1.807) is 0 Å². The lowest BCUT2D eigenvalue weighted by atomic mass is 10.4. The Hall–Kier alpha value is -1.34. The third kappa shape index (κ3) is 3.33. The standard InChI is InChI=1S/C11H17NO5S/c1-4-5-8-16-11(13)9-6-7-10(17-9)18(14,15)12(2)3/h6-7H,4-5,8H2,1-3H3. The Morgan fingerprint density at radius 2 is 2.06 bits per heavy atom. The second-order valence-corrected chi connectivity index (χ2v) is 5.98. The van der Waals surface area contributed by atoms with E-state index in [1.807, 2.05) is 6.92 Å². The Balaban J connectivity index is 2.78. The zero-order valence-electron chi connectivity index (χ0n) is 10.7. The van der Waals surface area contributed by atoms with Crippen molar-refractivity contribution in [1.29, 1.82) is 0 Å². The van der Waals surface area contributed by atoms with Gasteiger partial charge in [0.2, 0.25) is 10.9 Å². The molecule has 0 fully saturated rings. The highest BCUT2D eigenvalue weighted by Gasteiger charge is 2.23. The number of furan rings is 1. The van der Waals surface area contributed by atoms with Crippen LogP contribution in [0.25, 0.3) is 0 Å². The molecule has 0 N–H and O–H groups in total. The number of hydrogen-bond donors (Lipinski definition) is 0. The van der Waals surface area contributed by atoms with E-state index in [1.165, 1.54) is 26.2 Å². The van der Waals surface area contributed by atoms with Gasteiger partial charge in [-0.2, -0.15) is 0 Å². The molecule has 0 aliphatic heterocycles. The molecule has 0 bridgehead atoms. The maximum atomic E-state index is 11.7. The molecule has 0 spiro atoms. The molecule has 1 heterocycles. The number of nitrogens with zero attached hydrogens (tertiary/aromatic N) is 1. The van der Waals surface area contributed by atoms with Crippen molar-refractivity contribution in [1.82, 2.24) is 4.31 Å². The minimum atomic E-state index is -3.66. The average molecular weight is 275 g/mol. The van der Waals surface area contributed by atoms with Crippen LogP contribution in [-0.2, 0) is 14.8 Å². The van der Waals surface area contributed by atoms with Crippen LogP contribution in [0.15, 0.2) is 21.6 Å². The van der Waals surface area contributed by atoms with Gasteiger partial charge in [-0.1, -0.05) is 13.3 Å². The summed E-state index contributed by atoms with van der Waals surface area (Å²) < 4.78 is 34.3. The van der Waals surface area contributed by atoms with E-state index < -0.39 is 16.0 Å². The fourth-order valence-electron chi connectivity index (χ4n) is 1.13. The number of carbonyl (C=O) groups is 1. The molecule has 0 aliphatic carbocycles. The predicted octanol–water partition coefficient (Wildman–Crippen LogP) is 1.49. The van der Waals surface area contributed by atoms with E-state index >= 15 is 0 Å². The largest absolute Gasteiger partial charge is 0.460 e. The summed E-state index contributed by atoms with van der Waals surface area (Å²) in [6.45, 7) is 2.27. The van der Waals surface area contributed by atoms with Crippen LogP contribution in [0, 0.1) is 0 Å². The van der Waals surface area contributed by atoms with Crippen LogP contribution in [0.4, 0.5) is 0 Å². The Morgan fingerprint density at radius 3 is 2.61 bits per heavy atom. The molecular formula is C11H17NO5S. The van der Waals surface area contributed by atoms with Crippen LogP contribution >= 0.6 is 0 Å². The van der Waals surface area contributed by atoms with Crippen LogP contribution in [0.2, 0.25) is 0 Å². The maximum absolute atomic E-state index is 11.7. The normalized spacial score (nSPS) is 11.8. The van der Waals surface area contributed by atoms with Gasteiger partial charge in [-0.05, 0) is 18.6 Å². The van der Waals surface area contributed by atoms with Gasteiger partial charge in [-0.3, -0.25) is 0 Å². The monoisotopic (exact) mass is 275 g/mol. The molecule has 1 rings (SSSR count). The third-order valence-corrected chi connectivity index (χ3v) is 3.94. The van der Waals surface area contributed by atoms with E-state index in [9.17, 15) is 13.2 Å². The first kappa shape index (κ1) is 14.7. The molecule has 0 amide bonds. The van der Waals surface area contributed by atoms with Gasteiger partial charge in [-0.25, -0.2) is 17.5 Å². The van der Waals surface area contributed by atoms with E-state index in [2.05, 4.69) is 0 Å². The average Bonchev–Trinajstić information content (AvgIpc) is 2.78. The van der Waals surface area contributed by atoms with Gasteiger partial charge < -0.3 is 9.15 Å². The van der Waals surface area contributed by atoms with Crippen LogP contribution < -0.4 is 0 Å². The number of hydrogen-bond acceptors (Lipinski definition) is 5. The Bertz CT molecular complexity index is 503. The fourth-order valence-corrected chi connectivity index (χ4v) is 1.92. The zero-order valence-corrected chi connectivity index (χ0v) is 11.5. The first-order valence-corrected chi connectivity index (χ1v) is 7.03. The van der Waals surface area contributed by atoms with Crippen molar-refractivity contribution in [3.8, 4) is 0 Å². The number of carbonyl (C=O) groups excluding carboxylic acids is 1. The van der Waals surface area contributed by atoms with Crippen LogP contribution in [0.1, 0.15) is 30.3 Å². The van der Waals surface area contributed by atoms with E-state index in [-0.39, 0.29) is 10.9 Å². The van der Waals surface area contributed by atoms with Crippen LogP contribution in [0.5, 0.6) is 0 Å². The smallest absolute Gasteiger partial charge is 0.374 e. The molecule has 18 heavy (non-hydrogen) atoms. The molecule has 0 radical (unpaired) electrons. The van der Waals surface area contributed by atoms with Crippen LogP contribution in [0.3, 0.4) is 0 Å². The Morgan fingerprint density at radius 1 is 1.39 bits per heavy atom. The molecule has 1 aromatic rings. The number of unbranched alkanes of at least 4 members (excludes halogenated alkanes) is 1. The molecule has 0 saturated carbocycles. The van der Waals surface area contributed by atoms with Gasteiger partial charge >= 0.3 is 5.97 Å². The summed E-state index contributed by atoms with van der Waals surface area (Å²) in [5.74, 6) is -0.754. The van der Waals surface area contributed by atoms with Gasteiger partial charge in [0.25, 0.3) is 10.0 Å². The highest BCUT2D eigenvalue weighted by molar-refractivity contribution is 7.88. The highest BCUT2D eigenvalue weighted by atomic mass is 32.2. The second kappa shape index (κ2) is 6.01. The van der Waals surface area contributed by atoms with Crippen molar-refractivity contribution in [3.63, 3.8) is 0 Å². The van der Waals surface area contributed by atoms with E-state index in [0.29, 0.717) is 6.61 Å². The lowest BCUT2D eigenvalue weighted by Crippen LogP contribution is -2.21. The van der Waals surface area contributed by atoms with Gasteiger partial charge in [0.05, 0.1) is 6.61 Å². The minimum Gasteiger partial charge on any atom is -0.460 e. The molecule has 102 valence electrons. The molecule has 0 saturated heterocycles. The molecule has 6 nitrogen and oxygen atoms in total. The number of ether oxygens (including phenoxy) is 1. The van der Waals surface area contributed by atoms with Crippen molar-refractivity contribution >= 4 is 16.0 Å². The third-order valence-electron chi connectivity index (χ3n) is 2.25. The number of rotatable bonds is 6. The molecule has 0 atom stereocenters. The molecule has 0 aliphatic rings. The molecule has 1 aromatic heterocycles. The summed E-state index contributed by atoms with van der Waals surface area (Å²) in [5, 5.41) is -0.269. The summed E-state index contributed by atoms with van der Waals surface area (Å²) in [6, 6.07) is 2.54. The van der Waals surface area contributed by atoms with Crippen molar-refractivity contribution in [3.05, 3.63) is 17.9 Å². The Kier molecular flexibility index (Phi) is 4.92. The first-order chi connectivity index (χ1) is 8.39. The van der Waals surface area contributed by atoms with Gasteiger partial charge in [0, 0.05) is 14.1 Å². The highest BCUT2D eigenvalue weighted by Crippen LogP contribution is 2.17. The lowest BCUT2D eigenvalue weighted by Gasteiger charge is -2.07. The summed E-state index contributed by atoms with van der Waals surface area (Å²) in [4.78, 5) is 11.5. The molecule has 7 heteroatoms. The summed E-state index contributed by atoms with van der Waals surface area (Å²) in [5.41, 5.74) is 0. The topological polar surface area (TPSA) is 76.8 Å². The fraction of sp³-hybridized carbons (Fsp3) is 0.545. The molecule has 0 unspecified atom stereocenters. The van der Waals surface area contributed by atoms with Crippen molar-refractivity contribution in [2.75, 3.05) is 20.7 Å². The minimum absolute atomic E-state index is 0.105.